The molecule has 4 rings (SSSR count). The Morgan fingerprint density at radius 2 is 2.00 bits per heavy atom. The molecule has 0 radical (unpaired) electrons. The molecule has 174 valence electrons. The van der Waals surface area contributed by atoms with Crippen molar-refractivity contribution in [1.82, 2.24) is 9.78 Å². The standard InChI is InChI=1S/C23H18Cl2N4O5/c1-14-2-6-20(19(10-14)29(31)32)33-13-17-5-7-21(34-17)23(30)26-22-8-9-28(27-22)12-15-3-4-16(24)11-18(15)25/h2-11H,12-13H2,1H3,(H,26,27,30). The number of furan rings is 1. The molecule has 0 atom stereocenters. The number of nitrogens with one attached hydrogen (secondary N) is 1. The van der Waals surface area contributed by atoms with Gasteiger partial charge in [-0.25, -0.2) is 0 Å². The van der Waals surface area contributed by atoms with Crippen LogP contribution in [0.15, 0.2) is 65.2 Å². The minimum absolute atomic E-state index is 0.0484. The summed E-state index contributed by atoms with van der Waals surface area (Å²) >= 11 is 12.1. The third-order valence-electron chi connectivity index (χ3n) is 4.80. The molecule has 34 heavy (non-hydrogen) atoms. The van der Waals surface area contributed by atoms with Gasteiger partial charge in [0.15, 0.2) is 17.3 Å². The van der Waals surface area contributed by atoms with Crippen molar-refractivity contribution >= 4 is 40.6 Å². The van der Waals surface area contributed by atoms with Gasteiger partial charge in [-0.3, -0.25) is 19.6 Å². The minimum Gasteiger partial charge on any atom is -0.479 e. The highest BCUT2D eigenvalue weighted by Gasteiger charge is 2.17. The van der Waals surface area contributed by atoms with E-state index in [-0.39, 0.29) is 23.8 Å². The molecule has 9 nitrogen and oxygen atoms in total. The van der Waals surface area contributed by atoms with Crippen LogP contribution < -0.4 is 10.1 Å². The van der Waals surface area contributed by atoms with Crippen LogP contribution in [0.5, 0.6) is 5.75 Å². The van der Waals surface area contributed by atoms with Crippen molar-refractivity contribution < 1.29 is 18.9 Å². The molecule has 2 aromatic carbocycles. The van der Waals surface area contributed by atoms with Crippen molar-refractivity contribution in [3.63, 3.8) is 0 Å². The van der Waals surface area contributed by atoms with Gasteiger partial charge < -0.3 is 14.5 Å². The number of nitro benzene ring substituents is 1. The number of halogens is 2. The third-order valence-corrected chi connectivity index (χ3v) is 5.38. The number of rotatable bonds is 8. The van der Waals surface area contributed by atoms with Crippen LogP contribution in [0.3, 0.4) is 0 Å². The molecule has 0 saturated carbocycles. The Hall–Kier alpha value is -3.82. The Bertz CT molecular complexity index is 1370. The van der Waals surface area contributed by atoms with Gasteiger partial charge in [-0.15, -0.1) is 0 Å². The predicted octanol–water partition coefficient (Wildman–Crippen LogP) is 5.88. The number of carbonyl (C=O) groups is 1. The van der Waals surface area contributed by atoms with Crippen molar-refractivity contribution in [2.75, 3.05) is 5.32 Å². The van der Waals surface area contributed by atoms with E-state index in [9.17, 15) is 14.9 Å². The topological polar surface area (TPSA) is 112 Å². The van der Waals surface area contributed by atoms with Crippen LogP contribution in [-0.4, -0.2) is 20.6 Å². The van der Waals surface area contributed by atoms with Crippen molar-refractivity contribution in [1.29, 1.82) is 0 Å². The number of amides is 1. The zero-order valence-electron chi connectivity index (χ0n) is 17.8. The Balaban J connectivity index is 1.36. The average Bonchev–Trinajstić information content (AvgIpc) is 3.44. The van der Waals surface area contributed by atoms with Gasteiger partial charge in [0.05, 0.1) is 11.5 Å². The van der Waals surface area contributed by atoms with Crippen LogP contribution in [0, 0.1) is 17.0 Å². The lowest BCUT2D eigenvalue weighted by Crippen LogP contribution is -2.12. The lowest BCUT2D eigenvalue weighted by atomic mass is 10.2. The molecule has 11 heteroatoms. The molecule has 0 aliphatic heterocycles. The summed E-state index contributed by atoms with van der Waals surface area (Å²) in [6.45, 7) is 2.08. The highest BCUT2D eigenvalue weighted by molar-refractivity contribution is 6.35. The zero-order valence-corrected chi connectivity index (χ0v) is 19.3. The van der Waals surface area contributed by atoms with Crippen molar-refractivity contribution in [2.45, 2.75) is 20.1 Å². The number of hydrogen-bond donors (Lipinski definition) is 1. The summed E-state index contributed by atoms with van der Waals surface area (Å²) in [6, 6.07) is 14.6. The number of hydrogen-bond acceptors (Lipinski definition) is 6. The first kappa shape index (κ1) is 23.3. The van der Waals surface area contributed by atoms with Gasteiger partial charge in [-0.1, -0.05) is 35.3 Å². The summed E-state index contributed by atoms with van der Waals surface area (Å²) in [4.78, 5) is 23.2. The molecular formula is C23H18Cl2N4O5. The van der Waals surface area contributed by atoms with E-state index < -0.39 is 10.8 Å². The Labute approximate surface area is 204 Å². The molecule has 2 heterocycles. The van der Waals surface area contributed by atoms with E-state index in [1.54, 1.807) is 48.1 Å². The molecule has 0 bridgehead atoms. The largest absolute Gasteiger partial charge is 0.479 e. The number of anilines is 1. The number of aromatic nitrogens is 2. The number of benzene rings is 2. The Kier molecular flexibility index (Phi) is 6.85. The van der Waals surface area contributed by atoms with Crippen molar-refractivity contribution in [2.24, 2.45) is 0 Å². The molecule has 0 aliphatic rings. The SMILES string of the molecule is Cc1ccc(OCc2ccc(C(=O)Nc3ccn(Cc4ccc(Cl)cc4Cl)n3)o2)c([N+](=O)[O-])c1. The first-order valence-electron chi connectivity index (χ1n) is 10.0. The molecule has 0 fully saturated rings. The van der Waals surface area contributed by atoms with E-state index in [1.165, 1.54) is 18.2 Å². The van der Waals surface area contributed by atoms with Gasteiger partial charge in [-0.2, -0.15) is 5.10 Å². The van der Waals surface area contributed by atoms with Gasteiger partial charge in [0.1, 0.15) is 12.4 Å². The fourth-order valence-electron chi connectivity index (χ4n) is 3.14. The quantitative estimate of drug-likeness (QED) is 0.238. The summed E-state index contributed by atoms with van der Waals surface area (Å²) in [6.07, 6.45) is 1.70. The van der Waals surface area contributed by atoms with Crippen LogP contribution in [0.25, 0.3) is 0 Å². The summed E-state index contributed by atoms with van der Waals surface area (Å²) in [5, 5.41) is 19.3. The summed E-state index contributed by atoms with van der Waals surface area (Å²) in [7, 11) is 0. The summed E-state index contributed by atoms with van der Waals surface area (Å²) < 4.78 is 12.7. The lowest BCUT2D eigenvalue weighted by molar-refractivity contribution is -0.386. The average molecular weight is 501 g/mol. The smallest absolute Gasteiger partial charge is 0.311 e. The van der Waals surface area contributed by atoms with Crippen LogP contribution in [-0.2, 0) is 13.2 Å². The number of carbonyl (C=O) groups excluding carboxylic acids is 1. The highest BCUT2D eigenvalue weighted by Crippen LogP contribution is 2.28. The molecule has 0 aliphatic carbocycles. The number of aryl methyl sites for hydroxylation is 1. The lowest BCUT2D eigenvalue weighted by Gasteiger charge is -2.06. The normalized spacial score (nSPS) is 10.8. The van der Waals surface area contributed by atoms with Gasteiger partial charge in [0.25, 0.3) is 5.91 Å². The van der Waals surface area contributed by atoms with Crippen LogP contribution in [0.1, 0.15) is 27.4 Å². The van der Waals surface area contributed by atoms with Gasteiger partial charge in [0.2, 0.25) is 0 Å². The molecule has 1 amide bonds. The fourth-order valence-corrected chi connectivity index (χ4v) is 3.61. The van der Waals surface area contributed by atoms with E-state index in [4.69, 9.17) is 32.4 Å². The Morgan fingerprint density at radius 1 is 1.18 bits per heavy atom. The number of nitrogens with zero attached hydrogens (tertiary/aromatic N) is 3. The maximum absolute atomic E-state index is 12.5. The predicted molar refractivity (Wildman–Crippen MR) is 127 cm³/mol. The van der Waals surface area contributed by atoms with Gasteiger partial charge >= 0.3 is 5.69 Å². The first-order chi connectivity index (χ1) is 16.3. The second kappa shape index (κ2) is 9.98. The molecule has 2 aromatic heterocycles. The molecule has 0 saturated heterocycles. The van der Waals surface area contributed by atoms with E-state index >= 15 is 0 Å². The van der Waals surface area contributed by atoms with Crippen molar-refractivity contribution in [3.05, 3.63) is 104 Å². The minimum atomic E-state index is -0.511. The number of ether oxygens (including phenoxy) is 1. The van der Waals surface area contributed by atoms with E-state index in [1.807, 2.05) is 6.07 Å². The number of nitro groups is 1. The zero-order chi connectivity index (χ0) is 24.2. The van der Waals surface area contributed by atoms with Gasteiger partial charge in [-0.05, 0) is 48.4 Å². The maximum Gasteiger partial charge on any atom is 0.311 e. The second-order valence-corrected chi connectivity index (χ2v) is 8.21. The molecule has 0 unspecified atom stereocenters. The monoisotopic (exact) mass is 500 g/mol. The third kappa shape index (κ3) is 5.56. The summed E-state index contributed by atoms with van der Waals surface area (Å²) in [5.74, 6) is 0.335. The first-order valence-corrected chi connectivity index (χ1v) is 10.8. The molecule has 1 N–H and O–H groups in total. The van der Waals surface area contributed by atoms with Crippen LogP contribution >= 0.6 is 23.2 Å². The molecule has 0 spiro atoms. The second-order valence-electron chi connectivity index (χ2n) is 7.37. The summed E-state index contributed by atoms with van der Waals surface area (Å²) in [5.41, 5.74) is 1.44. The van der Waals surface area contributed by atoms with Crippen LogP contribution in [0.2, 0.25) is 10.0 Å². The van der Waals surface area contributed by atoms with E-state index in [0.717, 1.165) is 11.1 Å². The highest BCUT2D eigenvalue weighted by atomic mass is 35.5. The van der Waals surface area contributed by atoms with Crippen LogP contribution in [0.4, 0.5) is 11.5 Å². The van der Waals surface area contributed by atoms with Crippen molar-refractivity contribution in [3.8, 4) is 5.75 Å². The van der Waals surface area contributed by atoms with Gasteiger partial charge in [0, 0.05) is 28.4 Å². The van der Waals surface area contributed by atoms with E-state index in [0.29, 0.717) is 28.2 Å². The molecule has 4 aromatic rings. The Morgan fingerprint density at radius 3 is 2.76 bits per heavy atom. The fraction of sp³-hybridized carbons (Fsp3) is 0.130. The maximum atomic E-state index is 12.5. The van der Waals surface area contributed by atoms with E-state index in [2.05, 4.69) is 10.4 Å². The molecular weight excluding hydrogens is 483 g/mol.